The minimum Gasteiger partial charge on any atom is -0.480 e. The van der Waals surface area contributed by atoms with Crippen LogP contribution in [0.25, 0.3) is 0 Å². The van der Waals surface area contributed by atoms with Gasteiger partial charge in [-0.2, -0.15) is 0 Å². The molecule has 0 unspecified atom stereocenters. The summed E-state index contributed by atoms with van der Waals surface area (Å²) in [4.78, 5) is 15.6. The molecule has 2 N–H and O–H groups in total. The summed E-state index contributed by atoms with van der Waals surface area (Å²) in [6.07, 6.45) is -0.485. The van der Waals surface area contributed by atoms with Crippen LogP contribution in [0, 0.1) is 5.41 Å². The molecule has 0 radical (unpaired) electrons. The van der Waals surface area contributed by atoms with Gasteiger partial charge in [0.1, 0.15) is 16.3 Å². The summed E-state index contributed by atoms with van der Waals surface area (Å²) >= 11 is 1.35. The van der Waals surface area contributed by atoms with E-state index in [1.165, 1.54) is 18.4 Å². The number of amides is 1. The molecule has 18 heavy (non-hydrogen) atoms. The van der Waals surface area contributed by atoms with Gasteiger partial charge in [-0.3, -0.25) is 5.41 Å². The third kappa shape index (κ3) is 4.70. The van der Waals surface area contributed by atoms with Crippen molar-refractivity contribution >= 4 is 23.3 Å². The Balaban J connectivity index is 2.47. The Morgan fingerprint density at radius 2 is 2.22 bits per heavy atom. The van der Waals surface area contributed by atoms with Gasteiger partial charge < -0.3 is 14.8 Å². The third-order valence-electron chi connectivity index (χ3n) is 1.77. The molecule has 0 aliphatic heterocycles. The molecule has 0 saturated carbocycles. The van der Waals surface area contributed by atoms with Crippen LogP contribution < -0.4 is 5.32 Å². The number of nitrogens with one attached hydrogen (secondary N) is 2. The molecule has 100 valence electrons. The molecule has 1 rings (SSSR count). The van der Waals surface area contributed by atoms with Gasteiger partial charge in [0.2, 0.25) is 5.90 Å². The minimum absolute atomic E-state index is 0.00904. The number of alkyl carbamates (subject to hydrolysis) is 1. The molecule has 0 fully saturated rings. The minimum atomic E-state index is -0.518. The van der Waals surface area contributed by atoms with E-state index < -0.39 is 11.7 Å². The Labute approximate surface area is 110 Å². The lowest BCUT2D eigenvalue weighted by Gasteiger charge is -2.19. The summed E-state index contributed by atoms with van der Waals surface area (Å²) in [7, 11) is 1.42. The average Bonchev–Trinajstić information content (AvgIpc) is 2.71. The van der Waals surface area contributed by atoms with Gasteiger partial charge in [0.15, 0.2) is 0 Å². The Kier molecular flexibility index (Phi) is 4.66. The molecule has 0 bridgehead atoms. The van der Waals surface area contributed by atoms with Crippen molar-refractivity contribution in [1.82, 2.24) is 10.3 Å². The number of aromatic nitrogens is 1. The Bertz CT molecular complexity index is 437. The molecule has 0 spiro atoms. The summed E-state index contributed by atoms with van der Waals surface area (Å²) in [5.41, 5.74) is -0.0560. The fourth-order valence-corrected chi connectivity index (χ4v) is 1.78. The van der Waals surface area contributed by atoms with Gasteiger partial charge in [0.05, 0.1) is 13.7 Å². The lowest BCUT2D eigenvalue weighted by Crippen LogP contribution is -2.32. The summed E-state index contributed by atoms with van der Waals surface area (Å²) in [6, 6.07) is 0. The molecular weight excluding hydrogens is 254 g/mol. The van der Waals surface area contributed by atoms with E-state index in [0.717, 1.165) is 0 Å². The van der Waals surface area contributed by atoms with Crippen molar-refractivity contribution in [3.8, 4) is 0 Å². The van der Waals surface area contributed by atoms with Crippen molar-refractivity contribution in [2.45, 2.75) is 32.9 Å². The smallest absolute Gasteiger partial charge is 0.408 e. The number of thiazole rings is 1. The summed E-state index contributed by atoms with van der Waals surface area (Å²) in [5, 5.41) is 12.4. The summed E-state index contributed by atoms with van der Waals surface area (Å²) in [6.45, 7) is 5.67. The monoisotopic (exact) mass is 271 g/mol. The van der Waals surface area contributed by atoms with E-state index in [4.69, 9.17) is 14.9 Å². The molecule has 1 heterocycles. The second-order valence-electron chi connectivity index (χ2n) is 4.52. The highest BCUT2D eigenvalue weighted by molar-refractivity contribution is 7.09. The predicted molar refractivity (Wildman–Crippen MR) is 69.0 cm³/mol. The van der Waals surface area contributed by atoms with E-state index in [-0.39, 0.29) is 12.4 Å². The number of carbonyl (C=O) groups excluding carboxylic acids is 1. The second-order valence-corrected chi connectivity index (χ2v) is 5.46. The number of hydrogen-bond donors (Lipinski definition) is 2. The first-order valence-corrected chi connectivity index (χ1v) is 6.24. The molecule has 0 aromatic carbocycles. The molecule has 6 nitrogen and oxygen atoms in total. The van der Waals surface area contributed by atoms with Crippen LogP contribution >= 0.6 is 11.3 Å². The second kappa shape index (κ2) is 5.81. The fraction of sp³-hybridized carbons (Fsp3) is 0.545. The summed E-state index contributed by atoms with van der Waals surface area (Å²) in [5.74, 6) is 0.00904. The van der Waals surface area contributed by atoms with Crippen LogP contribution in [0.15, 0.2) is 5.38 Å². The highest BCUT2D eigenvalue weighted by atomic mass is 32.1. The zero-order valence-corrected chi connectivity index (χ0v) is 11.7. The van der Waals surface area contributed by atoms with E-state index in [0.29, 0.717) is 10.7 Å². The Hall–Kier alpha value is -1.63. The molecule has 0 aliphatic carbocycles. The van der Waals surface area contributed by atoms with Gasteiger partial charge in [-0.25, -0.2) is 9.78 Å². The van der Waals surface area contributed by atoms with E-state index >= 15 is 0 Å². The first kappa shape index (κ1) is 14.4. The molecule has 0 atom stereocenters. The lowest BCUT2D eigenvalue weighted by molar-refractivity contribution is 0.0523. The maximum absolute atomic E-state index is 11.4. The number of rotatable bonds is 3. The van der Waals surface area contributed by atoms with Crippen LogP contribution in [-0.4, -0.2) is 29.7 Å². The van der Waals surface area contributed by atoms with E-state index in [1.807, 2.05) is 0 Å². The van der Waals surface area contributed by atoms with Crippen molar-refractivity contribution in [1.29, 1.82) is 5.41 Å². The number of nitrogens with zero attached hydrogens (tertiary/aromatic N) is 1. The predicted octanol–water partition coefficient (Wildman–Crippen LogP) is 2.14. The highest BCUT2D eigenvalue weighted by Crippen LogP contribution is 2.11. The van der Waals surface area contributed by atoms with Crippen molar-refractivity contribution in [3.63, 3.8) is 0 Å². The third-order valence-corrected chi connectivity index (χ3v) is 2.62. The molecule has 1 aromatic rings. The van der Waals surface area contributed by atoms with Gasteiger partial charge in [0, 0.05) is 5.38 Å². The quantitative estimate of drug-likeness (QED) is 0.651. The van der Waals surface area contributed by atoms with Gasteiger partial charge >= 0.3 is 6.09 Å². The first-order valence-electron chi connectivity index (χ1n) is 5.36. The Morgan fingerprint density at radius 3 is 2.78 bits per heavy atom. The largest absolute Gasteiger partial charge is 0.480 e. The SMILES string of the molecule is COC(=N)c1csc(CNC(=O)OC(C)(C)C)n1. The van der Waals surface area contributed by atoms with Gasteiger partial charge in [-0.1, -0.05) is 0 Å². The number of ether oxygens (including phenoxy) is 2. The van der Waals surface area contributed by atoms with Crippen LogP contribution in [0.5, 0.6) is 0 Å². The van der Waals surface area contributed by atoms with Crippen LogP contribution in [0.2, 0.25) is 0 Å². The molecule has 1 aromatic heterocycles. The van der Waals surface area contributed by atoms with Crippen molar-refractivity contribution in [2.24, 2.45) is 0 Å². The molecule has 1 amide bonds. The van der Waals surface area contributed by atoms with E-state index in [2.05, 4.69) is 10.3 Å². The molecule has 0 aliphatic rings. The zero-order valence-electron chi connectivity index (χ0n) is 10.9. The zero-order chi connectivity index (χ0) is 13.8. The summed E-state index contributed by atoms with van der Waals surface area (Å²) < 4.78 is 9.85. The topological polar surface area (TPSA) is 84.3 Å². The number of hydrogen-bond acceptors (Lipinski definition) is 6. The van der Waals surface area contributed by atoms with Crippen molar-refractivity contribution in [2.75, 3.05) is 7.11 Å². The Morgan fingerprint density at radius 1 is 1.56 bits per heavy atom. The maximum Gasteiger partial charge on any atom is 0.408 e. The lowest BCUT2D eigenvalue weighted by atomic mass is 10.2. The van der Waals surface area contributed by atoms with Crippen LogP contribution in [0.4, 0.5) is 4.79 Å². The highest BCUT2D eigenvalue weighted by Gasteiger charge is 2.16. The first-order chi connectivity index (χ1) is 8.31. The molecular formula is C11H17N3O3S. The van der Waals surface area contributed by atoms with Gasteiger partial charge in [-0.15, -0.1) is 11.3 Å². The van der Waals surface area contributed by atoms with Crippen LogP contribution in [-0.2, 0) is 16.0 Å². The van der Waals surface area contributed by atoms with Crippen LogP contribution in [0.1, 0.15) is 31.5 Å². The van der Waals surface area contributed by atoms with E-state index in [1.54, 1.807) is 26.2 Å². The van der Waals surface area contributed by atoms with Crippen LogP contribution in [0.3, 0.4) is 0 Å². The average molecular weight is 271 g/mol. The number of methoxy groups -OCH3 is 1. The van der Waals surface area contributed by atoms with Gasteiger partial charge in [0.25, 0.3) is 0 Å². The normalized spacial score (nSPS) is 10.9. The van der Waals surface area contributed by atoms with E-state index in [9.17, 15) is 4.79 Å². The molecule has 7 heteroatoms. The molecule has 0 saturated heterocycles. The fourth-order valence-electron chi connectivity index (χ4n) is 1.06. The maximum atomic E-state index is 11.4. The van der Waals surface area contributed by atoms with Crippen molar-refractivity contribution < 1.29 is 14.3 Å². The standard InChI is InChI=1S/C11H17N3O3S/c1-11(2,3)17-10(15)13-5-8-14-7(6-18-8)9(12)16-4/h6,12H,5H2,1-4H3,(H,13,15). The van der Waals surface area contributed by atoms with Gasteiger partial charge in [-0.05, 0) is 20.8 Å². The number of carbonyl (C=O) groups is 1. The van der Waals surface area contributed by atoms with Crippen molar-refractivity contribution in [3.05, 3.63) is 16.1 Å².